The van der Waals surface area contributed by atoms with Gasteiger partial charge in [-0.3, -0.25) is 0 Å². The summed E-state index contributed by atoms with van der Waals surface area (Å²) in [7, 11) is 1.68. The lowest BCUT2D eigenvalue weighted by Gasteiger charge is -2.14. The van der Waals surface area contributed by atoms with Crippen LogP contribution in [-0.2, 0) is 0 Å². The number of hydrogen-bond acceptors (Lipinski definition) is 2. The van der Waals surface area contributed by atoms with Crippen LogP contribution in [0, 0.1) is 6.92 Å². The van der Waals surface area contributed by atoms with E-state index in [1.165, 1.54) is 15.6 Å². The van der Waals surface area contributed by atoms with Crippen molar-refractivity contribution in [1.29, 1.82) is 0 Å². The van der Waals surface area contributed by atoms with Gasteiger partial charge in [0.25, 0.3) is 0 Å². The second-order valence-corrected chi connectivity index (χ2v) is 6.14. The molecule has 0 fully saturated rings. The highest BCUT2D eigenvalue weighted by atomic mass is 35.5. The van der Waals surface area contributed by atoms with Crippen molar-refractivity contribution >= 4 is 33.0 Å². The van der Waals surface area contributed by atoms with Gasteiger partial charge in [-0.05, 0) is 35.4 Å². The molecule has 0 spiro atoms. The van der Waals surface area contributed by atoms with Crippen LogP contribution in [0.25, 0.3) is 10.1 Å². The first-order valence-corrected chi connectivity index (χ1v) is 7.77. The first kappa shape index (κ1) is 13.5. The van der Waals surface area contributed by atoms with Crippen molar-refractivity contribution in [3.63, 3.8) is 0 Å². The number of benzene rings is 2. The van der Waals surface area contributed by atoms with Crippen LogP contribution in [0.2, 0.25) is 0 Å². The van der Waals surface area contributed by atoms with Gasteiger partial charge in [0.2, 0.25) is 0 Å². The number of aryl methyl sites for hydroxylation is 1. The van der Waals surface area contributed by atoms with Gasteiger partial charge in [0.15, 0.2) is 0 Å². The molecule has 1 atom stereocenters. The number of fused-ring (bicyclic) bond motifs is 1. The Hall–Kier alpha value is -1.51. The fraction of sp³-hybridized carbons (Fsp3) is 0.176. The third-order valence-corrected chi connectivity index (χ3v) is 4.89. The van der Waals surface area contributed by atoms with E-state index in [-0.39, 0.29) is 5.38 Å². The van der Waals surface area contributed by atoms with E-state index >= 15 is 0 Å². The molecule has 1 aromatic heterocycles. The van der Waals surface area contributed by atoms with Crippen molar-refractivity contribution < 1.29 is 4.74 Å². The highest BCUT2D eigenvalue weighted by molar-refractivity contribution is 7.17. The molecule has 20 heavy (non-hydrogen) atoms. The Morgan fingerprint density at radius 3 is 2.70 bits per heavy atom. The van der Waals surface area contributed by atoms with E-state index in [0.29, 0.717) is 0 Å². The number of alkyl halides is 1. The Morgan fingerprint density at radius 1 is 1.10 bits per heavy atom. The Kier molecular flexibility index (Phi) is 3.68. The monoisotopic (exact) mass is 302 g/mol. The van der Waals surface area contributed by atoms with Gasteiger partial charge >= 0.3 is 0 Å². The summed E-state index contributed by atoms with van der Waals surface area (Å²) < 4.78 is 6.71. The van der Waals surface area contributed by atoms with E-state index in [2.05, 4.69) is 42.6 Å². The molecule has 3 rings (SSSR count). The van der Waals surface area contributed by atoms with Crippen LogP contribution >= 0.6 is 22.9 Å². The highest BCUT2D eigenvalue weighted by Crippen LogP contribution is 2.40. The number of halogens is 1. The van der Waals surface area contributed by atoms with Gasteiger partial charge < -0.3 is 4.74 Å². The second-order valence-electron chi connectivity index (χ2n) is 4.80. The molecular formula is C17H15ClOS. The van der Waals surface area contributed by atoms with Gasteiger partial charge in [-0.25, -0.2) is 0 Å². The zero-order valence-corrected chi connectivity index (χ0v) is 13.0. The van der Waals surface area contributed by atoms with Gasteiger partial charge in [0, 0.05) is 10.3 Å². The van der Waals surface area contributed by atoms with Gasteiger partial charge in [0.05, 0.1) is 12.5 Å². The molecule has 1 heterocycles. The summed E-state index contributed by atoms with van der Waals surface area (Å²) in [6.45, 7) is 2.07. The van der Waals surface area contributed by atoms with Crippen molar-refractivity contribution in [2.75, 3.05) is 7.11 Å². The summed E-state index contributed by atoms with van der Waals surface area (Å²) in [6.07, 6.45) is 0. The lowest BCUT2D eigenvalue weighted by Crippen LogP contribution is -1.97. The maximum absolute atomic E-state index is 6.73. The largest absolute Gasteiger partial charge is 0.496 e. The molecule has 0 aliphatic carbocycles. The molecule has 0 aliphatic heterocycles. The van der Waals surface area contributed by atoms with Gasteiger partial charge in [-0.2, -0.15) is 0 Å². The summed E-state index contributed by atoms with van der Waals surface area (Å²) in [4.78, 5) is 0. The third kappa shape index (κ3) is 2.30. The molecule has 102 valence electrons. The van der Waals surface area contributed by atoms with E-state index in [0.717, 1.165) is 16.9 Å². The molecule has 0 bridgehead atoms. The first-order valence-electron chi connectivity index (χ1n) is 6.45. The molecule has 0 saturated heterocycles. The minimum absolute atomic E-state index is 0.194. The van der Waals surface area contributed by atoms with Crippen LogP contribution in [0.15, 0.2) is 47.8 Å². The van der Waals surface area contributed by atoms with Crippen molar-refractivity contribution in [2.24, 2.45) is 0 Å². The predicted octanol–water partition coefficient (Wildman–Crippen LogP) is 5.55. The van der Waals surface area contributed by atoms with Crippen LogP contribution in [0.3, 0.4) is 0 Å². The fourth-order valence-corrected chi connectivity index (χ4v) is 3.83. The van der Waals surface area contributed by atoms with Crippen LogP contribution in [0.4, 0.5) is 0 Å². The topological polar surface area (TPSA) is 9.23 Å². The normalized spacial score (nSPS) is 12.6. The average Bonchev–Trinajstić information content (AvgIpc) is 2.90. The van der Waals surface area contributed by atoms with Crippen LogP contribution in [0.1, 0.15) is 22.1 Å². The summed E-state index contributed by atoms with van der Waals surface area (Å²) in [5.74, 6) is 0.839. The molecule has 2 aromatic carbocycles. The van der Waals surface area contributed by atoms with Crippen LogP contribution in [0.5, 0.6) is 5.75 Å². The molecule has 0 radical (unpaired) electrons. The molecular weight excluding hydrogens is 288 g/mol. The van der Waals surface area contributed by atoms with Crippen molar-refractivity contribution in [1.82, 2.24) is 0 Å². The van der Waals surface area contributed by atoms with E-state index in [4.69, 9.17) is 16.3 Å². The minimum Gasteiger partial charge on any atom is -0.496 e. The Labute approximate surface area is 127 Å². The summed E-state index contributed by atoms with van der Waals surface area (Å²) in [5, 5.41) is 3.17. The molecule has 0 saturated carbocycles. The Morgan fingerprint density at radius 2 is 1.90 bits per heavy atom. The highest BCUT2D eigenvalue weighted by Gasteiger charge is 2.19. The quantitative estimate of drug-likeness (QED) is 0.577. The first-order chi connectivity index (χ1) is 9.70. The minimum atomic E-state index is -0.194. The van der Waals surface area contributed by atoms with Crippen LogP contribution < -0.4 is 4.74 Å². The molecule has 1 nitrogen and oxygen atoms in total. The van der Waals surface area contributed by atoms with Gasteiger partial charge in [-0.1, -0.05) is 35.9 Å². The number of methoxy groups -OCH3 is 1. The van der Waals surface area contributed by atoms with E-state index < -0.39 is 0 Å². The van der Waals surface area contributed by atoms with E-state index in [1.54, 1.807) is 18.4 Å². The van der Waals surface area contributed by atoms with Crippen LogP contribution in [-0.4, -0.2) is 7.11 Å². The van der Waals surface area contributed by atoms with Gasteiger partial charge in [-0.15, -0.1) is 22.9 Å². The Balaban J connectivity index is 2.13. The van der Waals surface area contributed by atoms with Gasteiger partial charge in [0.1, 0.15) is 5.75 Å². The lowest BCUT2D eigenvalue weighted by molar-refractivity contribution is 0.410. The van der Waals surface area contributed by atoms with Crippen molar-refractivity contribution in [3.05, 3.63) is 64.5 Å². The van der Waals surface area contributed by atoms with Crippen molar-refractivity contribution in [2.45, 2.75) is 12.3 Å². The summed E-state index contributed by atoms with van der Waals surface area (Å²) in [6, 6.07) is 14.5. The zero-order chi connectivity index (χ0) is 14.1. The maximum atomic E-state index is 6.73. The molecule has 0 N–H and O–H groups in total. The van der Waals surface area contributed by atoms with Crippen molar-refractivity contribution in [3.8, 4) is 5.75 Å². The SMILES string of the molecule is COc1ccc(C)cc1C(Cl)c1csc2ccccc12. The molecule has 1 unspecified atom stereocenters. The standard InChI is InChI=1S/C17H15ClOS/c1-11-7-8-15(19-2)13(9-11)17(18)14-10-20-16-6-4-3-5-12(14)16/h3-10,17H,1-2H3. The zero-order valence-electron chi connectivity index (χ0n) is 11.4. The second kappa shape index (κ2) is 5.47. The molecule has 0 amide bonds. The number of rotatable bonds is 3. The maximum Gasteiger partial charge on any atom is 0.123 e. The smallest absolute Gasteiger partial charge is 0.123 e. The summed E-state index contributed by atoms with van der Waals surface area (Å²) >= 11 is 8.46. The average molecular weight is 303 g/mol. The lowest BCUT2D eigenvalue weighted by atomic mass is 10.0. The number of thiophene rings is 1. The molecule has 3 aromatic rings. The van der Waals surface area contributed by atoms with E-state index in [9.17, 15) is 0 Å². The third-order valence-electron chi connectivity index (χ3n) is 3.44. The number of hydrogen-bond donors (Lipinski definition) is 0. The molecule has 3 heteroatoms. The fourth-order valence-electron chi connectivity index (χ4n) is 2.41. The number of ether oxygens (including phenoxy) is 1. The Bertz CT molecular complexity index is 748. The van der Waals surface area contributed by atoms with E-state index in [1.807, 2.05) is 12.1 Å². The summed E-state index contributed by atoms with van der Waals surface area (Å²) in [5.41, 5.74) is 3.36. The molecule has 0 aliphatic rings. The predicted molar refractivity (Wildman–Crippen MR) is 87.3 cm³/mol.